The number of aliphatic carboxylic acids is 1. The van der Waals surface area contributed by atoms with Gasteiger partial charge < -0.3 is 24.8 Å². The lowest BCUT2D eigenvalue weighted by atomic mass is 9.85. The highest BCUT2D eigenvalue weighted by Crippen LogP contribution is 2.30. The molecule has 10 nitrogen and oxygen atoms in total. The van der Waals surface area contributed by atoms with Gasteiger partial charge in [0.1, 0.15) is 18.2 Å². The number of fused-ring (bicyclic) bond motifs is 1. The van der Waals surface area contributed by atoms with E-state index < -0.39 is 47.7 Å². The molecular formula is C31H43N3O7. The van der Waals surface area contributed by atoms with Crippen molar-refractivity contribution >= 4 is 24.1 Å². The molecule has 224 valence electrons. The first-order valence-corrected chi connectivity index (χ1v) is 13.9. The summed E-state index contributed by atoms with van der Waals surface area (Å²) in [6, 6.07) is 3.65. The molecule has 41 heavy (non-hydrogen) atoms. The van der Waals surface area contributed by atoms with Crippen molar-refractivity contribution in [1.29, 1.82) is 0 Å². The molecule has 3 rings (SSSR count). The van der Waals surface area contributed by atoms with Crippen molar-refractivity contribution in [3.05, 3.63) is 60.2 Å². The lowest BCUT2D eigenvalue weighted by Gasteiger charge is -2.34. The van der Waals surface area contributed by atoms with Crippen LogP contribution in [0.15, 0.2) is 43.5 Å². The van der Waals surface area contributed by atoms with Crippen molar-refractivity contribution in [2.24, 2.45) is 10.8 Å². The van der Waals surface area contributed by atoms with Gasteiger partial charge in [0.15, 0.2) is 0 Å². The Balaban J connectivity index is 1.68. The second-order valence-electron chi connectivity index (χ2n) is 12.7. The minimum atomic E-state index is -1.21. The van der Waals surface area contributed by atoms with Crippen LogP contribution in [0.25, 0.3) is 0 Å². The Morgan fingerprint density at radius 1 is 1.12 bits per heavy atom. The quantitative estimate of drug-likeness (QED) is 0.393. The van der Waals surface area contributed by atoms with Crippen LogP contribution in [0, 0.1) is 10.8 Å². The number of hydrogen-bond donors (Lipinski definition) is 2. The van der Waals surface area contributed by atoms with Crippen LogP contribution in [-0.4, -0.2) is 70.3 Å². The fourth-order valence-corrected chi connectivity index (χ4v) is 5.23. The van der Waals surface area contributed by atoms with Crippen LogP contribution in [-0.2, 0) is 38.6 Å². The van der Waals surface area contributed by atoms with Crippen molar-refractivity contribution in [3.63, 3.8) is 0 Å². The Bertz CT molecular complexity index is 1190. The van der Waals surface area contributed by atoms with Crippen LogP contribution in [0.3, 0.4) is 0 Å². The lowest BCUT2D eigenvalue weighted by Crippen LogP contribution is -2.57. The number of ether oxygens (including phenoxy) is 2. The Hall–Kier alpha value is -3.82. The zero-order valence-corrected chi connectivity index (χ0v) is 24.8. The Morgan fingerprint density at radius 3 is 2.44 bits per heavy atom. The van der Waals surface area contributed by atoms with E-state index in [1.807, 2.05) is 38.1 Å². The first-order valence-electron chi connectivity index (χ1n) is 13.9. The van der Waals surface area contributed by atoms with Crippen LogP contribution in [0.5, 0.6) is 0 Å². The number of likely N-dealkylation sites (tertiary alicyclic amines) is 1. The third kappa shape index (κ3) is 7.89. The lowest BCUT2D eigenvalue weighted by molar-refractivity contribution is -0.150. The van der Waals surface area contributed by atoms with Gasteiger partial charge in [-0.1, -0.05) is 65.0 Å². The van der Waals surface area contributed by atoms with Gasteiger partial charge in [0.25, 0.3) is 0 Å². The van der Waals surface area contributed by atoms with E-state index in [0.29, 0.717) is 25.9 Å². The summed E-state index contributed by atoms with van der Waals surface area (Å²) in [5, 5.41) is 12.6. The molecule has 1 fully saturated rings. The number of carbonyl (C=O) groups excluding carboxylic acids is 3. The van der Waals surface area contributed by atoms with E-state index in [1.165, 1.54) is 4.90 Å². The summed E-state index contributed by atoms with van der Waals surface area (Å²) in [4.78, 5) is 54.4. The number of hydrogen-bond acceptors (Lipinski definition) is 6. The van der Waals surface area contributed by atoms with Crippen molar-refractivity contribution in [3.8, 4) is 0 Å². The summed E-state index contributed by atoms with van der Waals surface area (Å²) >= 11 is 0. The van der Waals surface area contributed by atoms with E-state index in [4.69, 9.17) is 9.47 Å². The summed E-state index contributed by atoms with van der Waals surface area (Å²) in [5.41, 5.74) is 2.11. The minimum Gasteiger partial charge on any atom is -0.480 e. The topological polar surface area (TPSA) is 125 Å². The predicted molar refractivity (Wildman–Crippen MR) is 154 cm³/mol. The number of alkyl carbamates (subject to hydrolysis) is 1. The summed E-state index contributed by atoms with van der Waals surface area (Å²) in [6.45, 7) is 17.5. The third-order valence-electron chi connectivity index (χ3n) is 7.47. The standard InChI is InChI=1S/C31H43N3O7/c1-8-11-20-12-10-13-21-16-33(18-23(20)21)29(39)41-22-15-24(27(36)37)34(17-22)26(35)25(30(3,4)5)32-28(38)40-19-31(6,7)14-9-2/h8-10,12-13,22,24-25H,1-2,11,14-19H2,3-7H3,(H,32,38)(H,36,37). The maximum Gasteiger partial charge on any atom is 0.410 e. The summed E-state index contributed by atoms with van der Waals surface area (Å²) in [7, 11) is 0. The Labute approximate surface area is 242 Å². The molecule has 0 aliphatic carbocycles. The molecule has 3 atom stereocenters. The molecule has 0 saturated carbocycles. The Morgan fingerprint density at radius 2 is 1.83 bits per heavy atom. The first kappa shape index (κ1) is 31.7. The van der Waals surface area contributed by atoms with Crippen molar-refractivity contribution in [1.82, 2.24) is 15.1 Å². The van der Waals surface area contributed by atoms with E-state index in [1.54, 1.807) is 31.7 Å². The highest BCUT2D eigenvalue weighted by molar-refractivity contribution is 5.90. The fourth-order valence-electron chi connectivity index (χ4n) is 5.23. The highest BCUT2D eigenvalue weighted by atomic mass is 16.6. The van der Waals surface area contributed by atoms with Crippen LogP contribution in [0.4, 0.5) is 9.59 Å². The van der Waals surface area contributed by atoms with E-state index >= 15 is 0 Å². The molecule has 0 spiro atoms. The SMILES string of the molecule is C=CCc1cccc2c1CN(C(=O)OC1CC(C(=O)O)N(C(=O)C(NC(=O)OCC(C)(C)CC=C)C(C)(C)C)C1)C2. The van der Waals surface area contributed by atoms with Gasteiger partial charge in [-0.25, -0.2) is 14.4 Å². The van der Waals surface area contributed by atoms with Gasteiger partial charge in [0.05, 0.1) is 13.2 Å². The van der Waals surface area contributed by atoms with Crippen molar-refractivity contribution < 1.29 is 33.8 Å². The van der Waals surface area contributed by atoms with Crippen LogP contribution >= 0.6 is 0 Å². The monoisotopic (exact) mass is 569 g/mol. The number of nitrogens with one attached hydrogen (secondary N) is 1. The van der Waals surface area contributed by atoms with Crippen molar-refractivity contribution in [2.45, 2.75) is 85.2 Å². The second kappa shape index (κ2) is 12.8. The second-order valence-corrected chi connectivity index (χ2v) is 12.7. The normalized spacial score (nSPS) is 19.2. The number of carboxylic acids is 1. The van der Waals surface area contributed by atoms with Crippen LogP contribution in [0.1, 0.15) is 64.2 Å². The maximum atomic E-state index is 13.7. The zero-order valence-electron chi connectivity index (χ0n) is 24.8. The number of carboxylic acid groups (broad SMARTS) is 1. The molecule has 2 N–H and O–H groups in total. The largest absolute Gasteiger partial charge is 0.480 e. The molecule has 3 unspecified atom stereocenters. The average molecular weight is 570 g/mol. The highest BCUT2D eigenvalue weighted by Gasteiger charge is 2.46. The van der Waals surface area contributed by atoms with E-state index in [9.17, 15) is 24.3 Å². The molecule has 1 aromatic carbocycles. The molecule has 2 aliphatic heterocycles. The molecule has 1 aromatic rings. The van der Waals surface area contributed by atoms with Gasteiger partial charge >= 0.3 is 18.2 Å². The van der Waals surface area contributed by atoms with E-state index in [-0.39, 0.29) is 25.0 Å². The number of amides is 3. The van der Waals surface area contributed by atoms with Crippen LogP contribution in [0.2, 0.25) is 0 Å². The fraction of sp³-hybridized carbons (Fsp3) is 0.548. The molecule has 1 saturated heterocycles. The Kier molecular flexibility index (Phi) is 9.89. The summed E-state index contributed by atoms with van der Waals surface area (Å²) in [5.74, 6) is -1.78. The predicted octanol–water partition coefficient (Wildman–Crippen LogP) is 4.66. The molecule has 10 heteroatoms. The number of nitrogens with zero attached hydrogens (tertiary/aromatic N) is 2. The number of allylic oxidation sites excluding steroid dienone is 2. The molecule has 2 aliphatic rings. The first-order chi connectivity index (χ1) is 19.2. The van der Waals surface area contributed by atoms with Gasteiger partial charge in [-0.15, -0.1) is 13.2 Å². The molecular weight excluding hydrogens is 526 g/mol. The van der Waals surface area contributed by atoms with Crippen molar-refractivity contribution in [2.75, 3.05) is 13.2 Å². The van der Waals surface area contributed by atoms with Gasteiger partial charge in [0, 0.05) is 24.9 Å². The van der Waals surface area contributed by atoms with Gasteiger partial charge in [-0.2, -0.15) is 0 Å². The van der Waals surface area contributed by atoms with Crippen LogP contribution < -0.4 is 5.32 Å². The molecule has 3 amide bonds. The van der Waals surface area contributed by atoms with Gasteiger partial charge in [-0.05, 0) is 34.9 Å². The number of carbonyl (C=O) groups is 4. The van der Waals surface area contributed by atoms with E-state index in [0.717, 1.165) is 16.7 Å². The zero-order chi connectivity index (χ0) is 30.5. The van der Waals surface area contributed by atoms with Gasteiger partial charge in [-0.3, -0.25) is 9.69 Å². The summed E-state index contributed by atoms with van der Waals surface area (Å²) in [6.07, 6.45) is 2.69. The van der Waals surface area contributed by atoms with Gasteiger partial charge in [0.2, 0.25) is 5.91 Å². The minimum absolute atomic E-state index is 0.0492. The molecule has 0 radical (unpaired) electrons. The number of rotatable bonds is 10. The molecule has 0 bridgehead atoms. The summed E-state index contributed by atoms with van der Waals surface area (Å²) < 4.78 is 11.1. The number of benzene rings is 1. The van der Waals surface area contributed by atoms with E-state index in [2.05, 4.69) is 18.5 Å². The average Bonchev–Trinajstić information content (AvgIpc) is 3.51. The smallest absolute Gasteiger partial charge is 0.410 e. The molecule has 0 aromatic heterocycles. The molecule has 2 heterocycles. The maximum absolute atomic E-state index is 13.7. The third-order valence-corrected chi connectivity index (χ3v) is 7.47.